The van der Waals surface area contributed by atoms with Crippen molar-refractivity contribution in [3.8, 4) is 11.4 Å². The average molecular weight is 408 g/mol. The molecule has 142 valence electrons. The molecule has 0 aliphatic rings. The molecular weight excluding hydrogens is 390 g/mol. The van der Waals surface area contributed by atoms with Crippen LogP contribution < -0.4 is 10.4 Å². The first-order valence-electron chi connectivity index (χ1n) is 8.09. The van der Waals surface area contributed by atoms with Gasteiger partial charge >= 0.3 is 5.69 Å². The summed E-state index contributed by atoms with van der Waals surface area (Å²) in [5.74, 6) is 0.460. The van der Waals surface area contributed by atoms with E-state index < -0.39 is 10.0 Å². The van der Waals surface area contributed by atoms with Crippen LogP contribution in [0.3, 0.4) is 0 Å². The Bertz CT molecular complexity index is 1120. The highest BCUT2D eigenvalue weighted by Crippen LogP contribution is 2.19. The molecule has 27 heavy (non-hydrogen) atoms. The Kier molecular flexibility index (Phi) is 5.45. The summed E-state index contributed by atoms with van der Waals surface area (Å²) < 4.78 is 30.1. The summed E-state index contributed by atoms with van der Waals surface area (Å²) >= 11 is 5.90. The highest BCUT2D eigenvalue weighted by molar-refractivity contribution is 7.89. The smallest absolute Gasteiger partial charge is 0.278 e. The van der Waals surface area contributed by atoms with Gasteiger partial charge in [-0.3, -0.25) is 9.55 Å². The third-order valence-corrected chi connectivity index (χ3v) is 5.85. The molecule has 0 saturated carbocycles. The Balaban J connectivity index is 1.76. The molecule has 0 saturated heterocycles. The third kappa shape index (κ3) is 4.10. The second-order valence-corrected chi connectivity index (χ2v) is 8.11. The summed E-state index contributed by atoms with van der Waals surface area (Å²) in [7, 11) is -2.14. The third-order valence-electron chi connectivity index (χ3n) is 4.02. The molecule has 0 amide bonds. The van der Waals surface area contributed by atoms with Crippen LogP contribution in [0.2, 0.25) is 5.02 Å². The maximum absolute atomic E-state index is 12.5. The summed E-state index contributed by atoms with van der Waals surface area (Å²) in [6.45, 7) is 1.79. The van der Waals surface area contributed by atoms with Crippen molar-refractivity contribution in [1.29, 1.82) is 0 Å². The Morgan fingerprint density at radius 3 is 2.74 bits per heavy atom. The molecule has 0 aliphatic carbocycles. The monoisotopic (exact) mass is 407 g/mol. The van der Waals surface area contributed by atoms with Gasteiger partial charge in [0.05, 0.1) is 11.4 Å². The number of hydrogen-bond acceptors (Lipinski definition) is 5. The fourth-order valence-electron chi connectivity index (χ4n) is 2.61. The second kappa shape index (κ2) is 7.63. The van der Waals surface area contributed by atoms with Gasteiger partial charge < -0.3 is 0 Å². The Morgan fingerprint density at radius 2 is 2.04 bits per heavy atom. The standard InChI is InChI=1S/C17H18ClN5O3S/c1-12-5-6-14(18)10-15(12)27(25,26)20-8-9-23-17(24)22(2)16(21-23)13-4-3-7-19-11-13/h3-7,10-11,20H,8-9H2,1-2H3. The Morgan fingerprint density at radius 1 is 1.26 bits per heavy atom. The maximum Gasteiger partial charge on any atom is 0.345 e. The van der Waals surface area contributed by atoms with E-state index in [2.05, 4.69) is 14.8 Å². The summed E-state index contributed by atoms with van der Waals surface area (Å²) in [6.07, 6.45) is 3.24. The number of nitrogens with one attached hydrogen (secondary N) is 1. The number of hydrogen-bond donors (Lipinski definition) is 1. The van der Waals surface area contributed by atoms with Gasteiger partial charge in [-0.05, 0) is 36.8 Å². The Labute approximate surface area is 161 Å². The van der Waals surface area contributed by atoms with Crippen LogP contribution in [0.4, 0.5) is 0 Å². The van der Waals surface area contributed by atoms with Crippen LogP contribution in [0.5, 0.6) is 0 Å². The summed E-state index contributed by atoms with van der Waals surface area (Å²) in [5, 5.41) is 4.61. The molecule has 8 nitrogen and oxygen atoms in total. The molecule has 3 rings (SSSR count). The minimum absolute atomic E-state index is 0.0116. The van der Waals surface area contributed by atoms with Crippen molar-refractivity contribution in [2.75, 3.05) is 6.54 Å². The molecule has 1 N–H and O–H groups in total. The SMILES string of the molecule is Cc1ccc(Cl)cc1S(=O)(=O)NCCn1nc(-c2cccnc2)n(C)c1=O. The molecule has 10 heteroatoms. The van der Waals surface area contributed by atoms with Crippen molar-refractivity contribution in [1.82, 2.24) is 24.1 Å². The highest BCUT2D eigenvalue weighted by atomic mass is 35.5. The summed E-state index contributed by atoms with van der Waals surface area (Å²) in [4.78, 5) is 16.5. The van der Waals surface area contributed by atoms with E-state index in [1.54, 1.807) is 50.6 Å². The zero-order valence-electron chi connectivity index (χ0n) is 14.8. The largest absolute Gasteiger partial charge is 0.345 e. The van der Waals surface area contributed by atoms with Crippen LogP contribution in [-0.4, -0.2) is 34.3 Å². The van der Waals surface area contributed by atoms with Gasteiger partial charge in [0, 0.05) is 36.6 Å². The predicted octanol–water partition coefficient (Wildman–Crippen LogP) is 1.58. The molecule has 0 fully saturated rings. The fraction of sp³-hybridized carbons (Fsp3) is 0.235. The number of benzene rings is 1. The number of nitrogens with zero attached hydrogens (tertiary/aromatic N) is 4. The first kappa shape index (κ1) is 19.3. The van der Waals surface area contributed by atoms with E-state index in [1.165, 1.54) is 15.3 Å². The predicted molar refractivity (Wildman–Crippen MR) is 102 cm³/mol. The van der Waals surface area contributed by atoms with Crippen molar-refractivity contribution in [3.05, 3.63) is 63.8 Å². The lowest BCUT2D eigenvalue weighted by atomic mass is 10.2. The van der Waals surface area contributed by atoms with Crippen molar-refractivity contribution >= 4 is 21.6 Å². The maximum atomic E-state index is 12.5. The normalized spacial score (nSPS) is 11.7. The number of aryl methyl sites for hydroxylation is 1. The fourth-order valence-corrected chi connectivity index (χ4v) is 4.13. The van der Waals surface area contributed by atoms with Crippen LogP contribution in [0.1, 0.15) is 5.56 Å². The molecule has 0 unspecified atom stereocenters. The van der Waals surface area contributed by atoms with Crippen molar-refractivity contribution < 1.29 is 8.42 Å². The van der Waals surface area contributed by atoms with Crippen LogP contribution in [0.25, 0.3) is 11.4 Å². The zero-order chi connectivity index (χ0) is 19.6. The first-order valence-corrected chi connectivity index (χ1v) is 9.96. The number of aromatic nitrogens is 4. The van der Waals surface area contributed by atoms with Crippen LogP contribution in [0, 0.1) is 6.92 Å². The molecule has 0 radical (unpaired) electrons. The molecule has 0 atom stereocenters. The number of pyridine rings is 1. The lowest BCUT2D eigenvalue weighted by Gasteiger charge is -2.09. The van der Waals surface area contributed by atoms with Crippen molar-refractivity contribution in [3.63, 3.8) is 0 Å². The van der Waals surface area contributed by atoms with Gasteiger partial charge in [-0.2, -0.15) is 0 Å². The first-order chi connectivity index (χ1) is 12.8. The molecule has 0 bridgehead atoms. The molecule has 1 aromatic carbocycles. The number of rotatable bonds is 6. The minimum Gasteiger partial charge on any atom is -0.278 e. The van der Waals surface area contributed by atoms with Gasteiger partial charge in [-0.1, -0.05) is 17.7 Å². The van der Waals surface area contributed by atoms with Gasteiger partial charge in [0.1, 0.15) is 0 Å². The molecule has 0 aliphatic heterocycles. The zero-order valence-corrected chi connectivity index (χ0v) is 16.3. The minimum atomic E-state index is -3.75. The number of halogens is 1. The molecule has 2 aromatic heterocycles. The van der Waals surface area contributed by atoms with Crippen LogP contribution in [0.15, 0.2) is 52.4 Å². The van der Waals surface area contributed by atoms with Gasteiger partial charge in [-0.15, -0.1) is 5.10 Å². The summed E-state index contributed by atoms with van der Waals surface area (Å²) in [6, 6.07) is 8.21. The molecule has 2 heterocycles. The lowest BCUT2D eigenvalue weighted by Crippen LogP contribution is -2.32. The average Bonchev–Trinajstić information content (AvgIpc) is 2.93. The molecule has 0 spiro atoms. The van der Waals surface area contributed by atoms with Crippen LogP contribution in [-0.2, 0) is 23.6 Å². The highest BCUT2D eigenvalue weighted by Gasteiger charge is 2.18. The quantitative estimate of drug-likeness (QED) is 0.668. The van der Waals surface area contributed by atoms with Gasteiger partial charge in [0.2, 0.25) is 10.0 Å². The van der Waals surface area contributed by atoms with Gasteiger partial charge in [0.25, 0.3) is 0 Å². The van der Waals surface area contributed by atoms with E-state index in [9.17, 15) is 13.2 Å². The molecule has 3 aromatic rings. The topological polar surface area (TPSA) is 98.9 Å². The summed E-state index contributed by atoms with van der Waals surface area (Å²) in [5.41, 5.74) is 0.943. The van der Waals surface area contributed by atoms with Gasteiger partial charge in [-0.25, -0.2) is 22.6 Å². The van der Waals surface area contributed by atoms with E-state index in [-0.39, 0.29) is 23.7 Å². The second-order valence-electron chi connectivity index (χ2n) is 5.94. The van der Waals surface area contributed by atoms with E-state index in [4.69, 9.17) is 11.6 Å². The van der Waals surface area contributed by atoms with E-state index in [1.807, 2.05) is 0 Å². The lowest BCUT2D eigenvalue weighted by molar-refractivity contribution is 0.550. The van der Waals surface area contributed by atoms with Crippen LogP contribution >= 0.6 is 11.6 Å². The number of sulfonamides is 1. The Hall–Kier alpha value is -2.49. The van der Waals surface area contributed by atoms with E-state index in [0.717, 1.165) is 0 Å². The van der Waals surface area contributed by atoms with Crippen molar-refractivity contribution in [2.45, 2.75) is 18.4 Å². The molecular formula is C17H18ClN5O3S. The van der Waals surface area contributed by atoms with Crippen molar-refractivity contribution in [2.24, 2.45) is 7.05 Å². The van der Waals surface area contributed by atoms with Gasteiger partial charge in [0.15, 0.2) is 5.82 Å². The van der Waals surface area contributed by atoms with E-state index >= 15 is 0 Å². The van der Waals surface area contributed by atoms with E-state index in [0.29, 0.717) is 22.0 Å².